The van der Waals surface area contributed by atoms with E-state index in [1.807, 2.05) is 18.2 Å². The molecule has 0 aliphatic carbocycles. The van der Waals surface area contributed by atoms with Crippen LogP contribution in [0.15, 0.2) is 36.4 Å². The maximum atomic E-state index is 12.1. The van der Waals surface area contributed by atoms with E-state index in [0.29, 0.717) is 5.92 Å². The second-order valence-electron chi connectivity index (χ2n) is 4.47. The average molecular weight is 254 g/mol. The van der Waals surface area contributed by atoms with E-state index < -0.39 is 6.36 Å². The summed E-state index contributed by atoms with van der Waals surface area (Å²) in [6.45, 7) is 4.14. The SMILES string of the molecule is CC(C)c1ccc2cc(OC(F)(F)F)ccc2c1. The lowest BCUT2D eigenvalue weighted by molar-refractivity contribution is -0.274. The summed E-state index contributed by atoms with van der Waals surface area (Å²) >= 11 is 0. The number of hydrogen-bond acceptors (Lipinski definition) is 1. The van der Waals surface area contributed by atoms with Gasteiger partial charge in [0.15, 0.2) is 0 Å². The quantitative estimate of drug-likeness (QED) is 0.743. The molecule has 0 aliphatic rings. The summed E-state index contributed by atoms with van der Waals surface area (Å²) in [6, 6.07) is 10.1. The molecule has 1 nitrogen and oxygen atoms in total. The topological polar surface area (TPSA) is 9.23 Å². The van der Waals surface area contributed by atoms with Crippen LogP contribution in [0.25, 0.3) is 10.8 Å². The van der Waals surface area contributed by atoms with Crippen molar-refractivity contribution in [3.05, 3.63) is 42.0 Å². The minimum Gasteiger partial charge on any atom is -0.406 e. The Morgan fingerprint density at radius 3 is 2.17 bits per heavy atom. The van der Waals surface area contributed by atoms with Crippen molar-refractivity contribution >= 4 is 10.8 Å². The zero-order chi connectivity index (χ0) is 13.3. The molecule has 0 bridgehead atoms. The fourth-order valence-electron chi connectivity index (χ4n) is 1.80. The molecule has 2 aromatic rings. The Hall–Kier alpha value is -1.71. The molecule has 0 fully saturated rings. The van der Waals surface area contributed by atoms with Crippen LogP contribution in [0.2, 0.25) is 0 Å². The molecule has 0 N–H and O–H groups in total. The van der Waals surface area contributed by atoms with Gasteiger partial charge in [0, 0.05) is 0 Å². The third-order valence-electron chi connectivity index (χ3n) is 2.74. The molecule has 2 aromatic carbocycles. The third kappa shape index (κ3) is 2.94. The number of ether oxygens (including phenoxy) is 1. The van der Waals surface area contributed by atoms with Crippen molar-refractivity contribution < 1.29 is 17.9 Å². The van der Waals surface area contributed by atoms with Crippen LogP contribution in [-0.2, 0) is 0 Å². The van der Waals surface area contributed by atoms with E-state index in [1.54, 1.807) is 6.07 Å². The largest absolute Gasteiger partial charge is 0.573 e. The van der Waals surface area contributed by atoms with Crippen LogP contribution in [0, 0.1) is 0 Å². The first-order valence-corrected chi connectivity index (χ1v) is 5.64. The summed E-state index contributed by atoms with van der Waals surface area (Å²) in [5.74, 6) is 0.202. The van der Waals surface area contributed by atoms with E-state index in [9.17, 15) is 13.2 Å². The van der Waals surface area contributed by atoms with E-state index in [0.717, 1.165) is 16.3 Å². The Kier molecular flexibility index (Phi) is 3.20. The van der Waals surface area contributed by atoms with Crippen molar-refractivity contribution in [2.24, 2.45) is 0 Å². The van der Waals surface area contributed by atoms with Gasteiger partial charge in [0.1, 0.15) is 5.75 Å². The van der Waals surface area contributed by atoms with Gasteiger partial charge in [0.2, 0.25) is 0 Å². The summed E-state index contributed by atoms with van der Waals surface area (Å²) in [7, 11) is 0. The molecule has 0 saturated carbocycles. The normalized spacial score (nSPS) is 12.1. The fraction of sp³-hybridized carbons (Fsp3) is 0.286. The van der Waals surface area contributed by atoms with Crippen LogP contribution in [0.5, 0.6) is 5.75 Å². The number of alkyl halides is 3. The zero-order valence-electron chi connectivity index (χ0n) is 10.1. The molecule has 0 aliphatic heterocycles. The third-order valence-corrected chi connectivity index (χ3v) is 2.74. The van der Waals surface area contributed by atoms with Crippen LogP contribution >= 0.6 is 0 Å². The van der Waals surface area contributed by atoms with Gasteiger partial charge in [-0.25, -0.2) is 0 Å². The molecule has 18 heavy (non-hydrogen) atoms. The molecule has 0 saturated heterocycles. The minimum atomic E-state index is -4.65. The summed E-state index contributed by atoms with van der Waals surface area (Å²) in [4.78, 5) is 0. The van der Waals surface area contributed by atoms with E-state index in [1.165, 1.54) is 12.1 Å². The Morgan fingerprint density at radius 2 is 1.56 bits per heavy atom. The Labute approximate surface area is 103 Å². The molecule has 4 heteroatoms. The maximum Gasteiger partial charge on any atom is 0.573 e. The van der Waals surface area contributed by atoms with Gasteiger partial charge in [-0.3, -0.25) is 0 Å². The predicted octanol–water partition coefficient (Wildman–Crippen LogP) is 4.86. The monoisotopic (exact) mass is 254 g/mol. The Bertz CT molecular complexity index is 558. The smallest absolute Gasteiger partial charge is 0.406 e. The molecule has 0 atom stereocenters. The lowest BCUT2D eigenvalue weighted by Crippen LogP contribution is -2.16. The van der Waals surface area contributed by atoms with Crippen LogP contribution < -0.4 is 4.74 Å². The molecule has 96 valence electrons. The van der Waals surface area contributed by atoms with Gasteiger partial charge in [-0.05, 0) is 34.4 Å². The van der Waals surface area contributed by atoms with Crippen LogP contribution in [-0.4, -0.2) is 6.36 Å². The van der Waals surface area contributed by atoms with E-state index in [4.69, 9.17) is 0 Å². The molecular formula is C14H13F3O. The van der Waals surface area contributed by atoms with Crippen molar-refractivity contribution in [1.29, 1.82) is 0 Å². The fourth-order valence-corrected chi connectivity index (χ4v) is 1.80. The first-order chi connectivity index (χ1) is 8.35. The second-order valence-corrected chi connectivity index (χ2v) is 4.47. The number of rotatable bonds is 2. The summed E-state index contributed by atoms with van der Waals surface area (Å²) in [6.07, 6.45) is -4.65. The molecule has 2 rings (SSSR count). The van der Waals surface area contributed by atoms with Gasteiger partial charge >= 0.3 is 6.36 Å². The number of benzene rings is 2. The van der Waals surface area contributed by atoms with Gasteiger partial charge in [-0.2, -0.15) is 0 Å². The highest BCUT2D eigenvalue weighted by atomic mass is 19.4. The molecule has 0 radical (unpaired) electrons. The van der Waals surface area contributed by atoms with Gasteiger partial charge in [-0.15, -0.1) is 13.2 Å². The summed E-state index contributed by atoms with van der Waals surface area (Å²) in [5, 5.41) is 1.65. The molecule has 0 amide bonds. The molecular weight excluding hydrogens is 241 g/mol. The average Bonchev–Trinajstić information content (AvgIpc) is 2.26. The minimum absolute atomic E-state index is 0.188. The highest BCUT2D eigenvalue weighted by molar-refractivity contribution is 5.84. The van der Waals surface area contributed by atoms with Crippen LogP contribution in [0.1, 0.15) is 25.3 Å². The predicted molar refractivity (Wildman–Crippen MR) is 64.7 cm³/mol. The van der Waals surface area contributed by atoms with Crippen molar-refractivity contribution in [1.82, 2.24) is 0 Å². The van der Waals surface area contributed by atoms with Gasteiger partial charge in [0.25, 0.3) is 0 Å². The van der Waals surface area contributed by atoms with Crippen molar-refractivity contribution in [2.45, 2.75) is 26.1 Å². The first kappa shape index (κ1) is 12.7. The molecule has 0 spiro atoms. The number of hydrogen-bond donors (Lipinski definition) is 0. The lowest BCUT2D eigenvalue weighted by atomic mass is 9.99. The second kappa shape index (κ2) is 4.52. The van der Waals surface area contributed by atoms with Gasteiger partial charge in [0.05, 0.1) is 0 Å². The van der Waals surface area contributed by atoms with E-state index >= 15 is 0 Å². The number of halogens is 3. The zero-order valence-corrected chi connectivity index (χ0v) is 10.1. The van der Waals surface area contributed by atoms with Crippen LogP contribution in [0.3, 0.4) is 0 Å². The summed E-state index contributed by atoms with van der Waals surface area (Å²) in [5.41, 5.74) is 1.16. The van der Waals surface area contributed by atoms with Gasteiger partial charge in [-0.1, -0.05) is 38.1 Å². The lowest BCUT2D eigenvalue weighted by Gasteiger charge is -2.11. The van der Waals surface area contributed by atoms with Crippen molar-refractivity contribution in [3.8, 4) is 5.75 Å². The van der Waals surface area contributed by atoms with Crippen molar-refractivity contribution in [3.63, 3.8) is 0 Å². The standard InChI is InChI=1S/C14H13F3O/c1-9(2)10-3-4-12-8-13(18-14(15,16)17)6-5-11(12)7-10/h3-9H,1-2H3. The highest BCUT2D eigenvalue weighted by Gasteiger charge is 2.31. The van der Waals surface area contributed by atoms with Crippen LogP contribution in [0.4, 0.5) is 13.2 Å². The highest BCUT2D eigenvalue weighted by Crippen LogP contribution is 2.28. The summed E-state index contributed by atoms with van der Waals surface area (Å²) < 4.78 is 40.2. The Morgan fingerprint density at radius 1 is 0.944 bits per heavy atom. The Balaban J connectivity index is 2.38. The van der Waals surface area contributed by atoms with Crippen molar-refractivity contribution in [2.75, 3.05) is 0 Å². The molecule has 0 heterocycles. The maximum absolute atomic E-state index is 12.1. The van der Waals surface area contributed by atoms with E-state index in [-0.39, 0.29) is 5.75 Å². The van der Waals surface area contributed by atoms with Gasteiger partial charge < -0.3 is 4.74 Å². The van der Waals surface area contributed by atoms with E-state index in [2.05, 4.69) is 18.6 Å². The molecule has 0 aromatic heterocycles. The molecule has 0 unspecified atom stereocenters. The number of fused-ring (bicyclic) bond motifs is 1. The first-order valence-electron chi connectivity index (χ1n) is 5.64.